The largest absolute Gasteiger partial charge is 0.330 e. The number of rotatable bonds is 4. The van der Waals surface area contributed by atoms with Crippen LogP contribution in [-0.2, 0) is 6.54 Å². The molecule has 2 aromatic rings. The number of hydrogen-bond donors (Lipinski definition) is 0. The van der Waals surface area contributed by atoms with Crippen LogP contribution in [0.25, 0.3) is 0 Å². The van der Waals surface area contributed by atoms with Gasteiger partial charge >= 0.3 is 0 Å². The molecule has 1 fully saturated rings. The van der Waals surface area contributed by atoms with E-state index in [1.54, 1.807) is 30.6 Å². The van der Waals surface area contributed by atoms with Crippen molar-refractivity contribution in [3.8, 4) is 0 Å². The average molecular weight is 288 g/mol. The lowest BCUT2D eigenvalue weighted by atomic mass is 10.2. The number of nitrogens with zero attached hydrogens (tertiary/aromatic N) is 3. The van der Waals surface area contributed by atoms with Crippen molar-refractivity contribution in [1.29, 1.82) is 0 Å². The molecule has 2 aromatic heterocycles. The van der Waals surface area contributed by atoms with Crippen molar-refractivity contribution in [2.24, 2.45) is 0 Å². The van der Waals surface area contributed by atoms with Gasteiger partial charge in [-0.05, 0) is 42.7 Å². The van der Waals surface area contributed by atoms with Crippen LogP contribution in [0.1, 0.15) is 28.9 Å². The van der Waals surface area contributed by atoms with Gasteiger partial charge in [0.25, 0.3) is 5.91 Å². The molecular weight excluding hydrogens is 274 g/mol. The molecule has 20 heavy (non-hydrogen) atoms. The van der Waals surface area contributed by atoms with E-state index in [9.17, 15) is 4.79 Å². The van der Waals surface area contributed by atoms with E-state index in [1.807, 2.05) is 17.0 Å². The zero-order valence-electron chi connectivity index (χ0n) is 10.9. The molecule has 4 nitrogen and oxygen atoms in total. The third kappa shape index (κ3) is 2.96. The highest BCUT2D eigenvalue weighted by Gasteiger charge is 2.33. The van der Waals surface area contributed by atoms with Gasteiger partial charge in [0.15, 0.2) is 0 Å². The Kier molecular flexibility index (Phi) is 3.65. The maximum absolute atomic E-state index is 12.6. The third-order valence-corrected chi connectivity index (χ3v) is 3.50. The number of aromatic nitrogens is 2. The fourth-order valence-corrected chi connectivity index (χ4v) is 2.28. The normalized spacial score (nSPS) is 14.1. The van der Waals surface area contributed by atoms with Gasteiger partial charge in [0.05, 0.1) is 0 Å². The Bertz CT molecular complexity index is 614. The van der Waals surface area contributed by atoms with Crippen LogP contribution < -0.4 is 0 Å². The minimum absolute atomic E-state index is 0.0631. The molecule has 0 spiro atoms. The lowest BCUT2D eigenvalue weighted by Gasteiger charge is -2.22. The summed E-state index contributed by atoms with van der Waals surface area (Å²) in [5.41, 5.74) is 1.47. The molecule has 0 aromatic carbocycles. The number of hydrogen-bond acceptors (Lipinski definition) is 3. The molecule has 1 aliphatic carbocycles. The molecule has 1 saturated carbocycles. The second-order valence-electron chi connectivity index (χ2n) is 4.87. The smallest absolute Gasteiger partial charge is 0.273 e. The van der Waals surface area contributed by atoms with Crippen LogP contribution in [0.5, 0.6) is 0 Å². The van der Waals surface area contributed by atoms with Crippen molar-refractivity contribution in [2.45, 2.75) is 25.4 Å². The molecule has 0 atom stereocenters. The van der Waals surface area contributed by atoms with Crippen molar-refractivity contribution in [3.63, 3.8) is 0 Å². The zero-order chi connectivity index (χ0) is 13.9. The maximum atomic E-state index is 12.6. The van der Waals surface area contributed by atoms with E-state index >= 15 is 0 Å². The van der Waals surface area contributed by atoms with Gasteiger partial charge in [-0.2, -0.15) is 0 Å². The molecule has 1 amide bonds. The number of pyridine rings is 2. The van der Waals surface area contributed by atoms with Crippen molar-refractivity contribution in [3.05, 3.63) is 59.1 Å². The SMILES string of the molecule is O=C(c1cccc(Cl)n1)N(Cc1ccncc1)C1CC1. The Labute approximate surface area is 122 Å². The summed E-state index contributed by atoms with van der Waals surface area (Å²) in [7, 11) is 0. The molecule has 102 valence electrons. The lowest BCUT2D eigenvalue weighted by molar-refractivity contribution is 0.0724. The van der Waals surface area contributed by atoms with Gasteiger partial charge in [0.2, 0.25) is 0 Å². The second kappa shape index (κ2) is 5.59. The summed E-state index contributed by atoms with van der Waals surface area (Å²) >= 11 is 5.86. The van der Waals surface area contributed by atoms with Gasteiger partial charge in [-0.25, -0.2) is 4.98 Å². The standard InChI is InChI=1S/C15H14ClN3O/c16-14-3-1-2-13(18-14)15(20)19(12-4-5-12)10-11-6-8-17-9-7-11/h1-3,6-9,12H,4-5,10H2. The van der Waals surface area contributed by atoms with E-state index in [2.05, 4.69) is 9.97 Å². The van der Waals surface area contributed by atoms with Gasteiger partial charge < -0.3 is 4.90 Å². The van der Waals surface area contributed by atoms with E-state index in [0.29, 0.717) is 23.4 Å². The first kappa shape index (κ1) is 13.1. The molecule has 1 aliphatic rings. The summed E-state index contributed by atoms with van der Waals surface area (Å²) in [6.07, 6.45) is 5.58. The van der Waals surface area contributed by atoms with Crippen molar-refractivity contribution in [1.82, 2.24) is 14.9 Å². The highest BCUT2D eigenvalue weighted by molar-refractivity contribution is 6.29. The first-order valence-corrected chi connectivity index (χ1v) is 6.94. The van der Waals surface area contributed by atoms with Crippen LogP contribution >= 0.6 is 11.6 Å². The van der Waals surface area contributed by atoms with Gasteiger partial charge in [-0.3, -0.25) is 9.78 Å². The molecule has 2 heterocycles. The van der Waals surface area contributed by atoms with Crippen LogP contribution in [0.3, 0.4) is 0 Å². The van der Waals surface area contributed by atoms with Crippen LogP contribution in [0.2, 0.25) is 5.15 Å². The Morgan fingerprint density at radius 1 is 1.25 bits per heavy atom. The van der Waals surface area contributed by atoms with Crippen LogP contribution in [0.15, 0.2) is 42.7 Å². The minimum atomic E-state index is -0.0631. The maximum Gasteiger partial charge on any atom is 0.273 e. The first-order valence-electron chi connectivity index (χ1n) is 6.56. The number of amides is 1. The van der Waals surface area contributed by atoms with E-state index < -0.39 is 0 Å². The van der Waals surface area contributed by atoms with Gasteiger partial charge in [-0.1, -0.05) is 17.7 Å². The van der Waals surface area contributed by atoms with Crippen molar-refractivity contribution < 1.29 is 4.79 Å². The second-order valence-corrected chi connectivity index (χ2v) is 5.25. The highest BCUT2D eigenvalue weighted by Crippen LogP contribution is 2.29. The Hall–Kier alpha value is -1.94. The zero-order valence-corrected chi connectivity index (χ0v) is 11.6. The first-order chi connectivity index (χ1) is 9.74. The van der Waals surface area contributed by atoms with Crippen LogP contribution in [-0.4, -0.2) is 26.8 Å². The van der Waals surface area contributed by atoms with Crippen molar-refractivity contribution in [2.75, 3.05) is 0 Å². The van der Waals surface area contributed by atoms with Crippen LogP contribution in [0.4, 0.5) is 0 Å². The van der Waals surface area contributed by atoms with Crippen molar-refractivity contribution >= 4 is 17.5 Å². The fraction of sp³-hybridized carbons (Fsp3) is 0.267. The van der Waals surface area contributed by atoms with Gasteiger partial charge in [-0.15, -0.1) is 0 Å². The molecule has 0 aliphatic heterocycles. The quantitative estimate of drug-likeness (QED) is 0.812. The monoisotopic (exact) mass is 287 g/mol. The predicted molar refractivity (Wildman–Crippen MR) is 76.4 cm³/mol. The van der Waals surface area contributed by atoms with E-state index in [4.69, 9.17) is 11.6 Å². The van der Waals surface area contributed by atoms with E-state index in [-0.39, 0.29) is 5.91 Å². The topological polar surface area (TPSA) is 46.1 Å². The molecule has 3 rings (SSSR count). The predicted octanol–water partition coefficient (Wildman–Crippen LogP) is 2.93. The molecule has 5 heteroatoms. The van der Waals surface area contributed by atoms with Crippen LogP contribution in [0, 0.1) is 0 Å². The number of carbonyl (C=O) groups excluding carboxylic acids is 1. The summed E-state index contributed by atoms with van der Waals surface area (Å²) in [5.74, 6) is -0.0631. The molecular formula is C15H14ClN3O. The summed E-state index contributed by atoms with van der Waals surface area (Å²) in [4.78, 5) is 22.5. The Balaban J connectivity index is 1.82. The average Bonchev–Trinajstić information content (AvgIpc) is 3.30. The minimum Gasteiger partial charge on any atom is -0.330 e. The summed E-state index contributed by atoms with van der Waals surface area (Å²) in [5, 5.41) is 0.343. The van der Waals surface area contributed by atoms with E-state index in [0.717, 1.165) is 18.4 Å². The molecule has 0 unspecified atom stereocenters. The molecule has 0 saturated heterocycles. The van der Waals surface area contributed by atoms with E-state index in [1.165, 1.54) is 0 Å². The lowest BCUT2D eigenvalue weighted by Crippen LogP contribution is -2.33. The number of halogens is 1. The number of carbonyl (C=O) groups is 1. The third-order valence-electron chi connectivity index (χ3n) is 3.29. The Morgan fingerprint density at radius 2 is 2.00 bits per heavy atom. The Morgan fingerprint density at radius 3 is 2.65 bits per heavy atom. The molecule has 0 N–H and O–H groups in total. The summed E-state index contributed by atoms with van der Waals surface area (Å²) < 4.78 is 0. The molecule has 0 radical (unpaired) electrons. The van der Waals surface area contributed by atoms with Gasteiger partial charge in [0, 0.05) is 25.0 Å². The fourth-order valence-electron chi connectivity index (χ4n) is 2.11. The summed E-state index contributed by atoms with van der Waals surface area (Å²) in [6, 6.07) is 9.29. The molecule has 0 bridgehead atoms. The highest BCUT2D eigenvalue weighted by atomic mass is 35.5. The summed E-state index contributed by atoms with van der Waals surface area (Å²) in [6.45, 7) is 0.584. The van der Waals surface area contributed by atoms with Gasteiger partial charge in [0.1, 0.15) is 10.8 Å².